The molecule has 10 nitrogen and oxygen atoms in total. The summed E-state index contributed by atoms with van der Waals surface area (Å²) in [5.41, 5.74) is 0.330. The van der Waals surface area contributed by atoms with Gasteiger partial charge >= 0.3 is 17.9 Å². The lowest BCUT2D eigenvalue weighted by Gasteiger charge is -2.16. The molecule has 0 unspecified atom stereocenters. The van der Waals surface area contributed by atoms with Crippen LogP contribution in [-0.4, -0.2) is 51.9 Å². The molecule has 0 aromatic heterocycles. The van der Waals surface area contributed by atoms with Crippen molar-refractivity contribution in [3.05, 3.63) is 24.3 Å². The van der Waals surface area contributed by atoms with Crippen LogP contribution in [0.1, 0.15) is 39.5 Å². The number of rotatable bonds is 15. The number of esters is 3. The molecule has 0 spiro atoms. The largest absolute Gasteiger partial charge is 0.465 e. The predicted molar refractivity (Wildman–Crippen MR) is 104 cm³/mol. The molecule has 0 aromatic rings. The van der Waals surface area contributed by atoms with Crippen LogP contribution in [0.15, 0.2) is 24.3 Å². The van der Waals surface area contributed by atoms with Crippen molar-refractivity contribution in [2.45, 2.75) is 39.5 Å². The highest BCUT2D eigenvalue weighted by Crippen LogP contribution is 2.08. The van der Waals surface area contributed by atoms with Crippen LogP contribution in [-0.2, 0) is 43.0 Å². The normalized spacial score (nSPS) is 11.0. The first-order valence-electron chi connectivity index (χ1n) is 8.93. The van der Waals surface area contributed by atoms with Crippen LogP contribution < -0.4 is 5.90 Å². The Balaban J connectivity index is 4.40. The average Bonchev–Trinajstić information content (AvgIpc) is 2.66. The summed E-state index contributed by atoms with van der Waals surface area (Å²) < 4.78 is 41.0. The van der Waals surface area contributed by atoms with E-state index in [0.29, 0.717) is 25.7 Å². The lowest BCUT2D eigenvalue weighted by molar-refractivity contribution is -0.158. The summed E-state index contributed by atoms with van der Waals surface area (Å²) >= 11 is 0. The predicted octanol–water partition coefficient (Wildman–Crippen LogP) is 1.16. The molecule has 0 radical (unpaired) electrons. The number of carbonyl (C=O) groups is 3. The van der Waals surface area contributed by atoms with Crippen LogP contribution in [0, 0.1) is 5.92 Å². The fourth-order valence-electron chi connectivity index (χ4n) is 1.86. The fourth-order valence-corrected chi connectivity index (χ4v) is 2.51. The molecule has 0 atom stereocenters. The van der Waals surface area contributed by atoms with Crippen molar-refractivity contribution in [1.82, 2.24) is 0 Å². The van der Waals surface area contributed by atoms with E-state index in [1.54, 1.807) is 0 Å². The zero-order valence-corrected chi connectivity index (χ0v) is 17.6. The summed E-state index contributed by atoms with van der Waals surface area (Å²) in [4.78, 5) is 35.2. The van der Waals surface area contributed by atoms with E-state index in [4.69, 9.17) is 14.2 Å². The van der Waals surface area contributed by atoms with Crippen molar-refractivity contribution in [2.24, 2.45) is 11.8 Å². The second-order valence-corrected chi connectivity index (χ2v) is 8.11. The third kappa shape index (κ3) is 12.8. The van der Waals surface area contributed by atoms with Crippen molar-refractivity contribution in [3.8, 4) is 0 Å². The van der Waals surface area contributed by atoms with Gasteiger partial charge in [-0.2, -0.15) is 18.6 Å². The Morgan fingerprint density at radius 2 is 1.34 bits per heavy atom. The number of hydrogen-bond donors (Lipinski definition) is 1. The molecule has 0 aliphatic rings. The van der Waals surface area contributed by atoms with Crippen molar-refractivity contribution in [1.29, 1.82) is 0 Å². The maximum absolute atomic E-state index is 12.2. The summed E-state index contributed by atoms with van der Waals surface area (Å²) in [6, 6.07) is 0. The zero-order valence-electron chi connectivity index (χ0n) is 16.8. The Bertz CT molecular complexity index is 670. The van der Waals surface area contributed by atoms with Crippen LogP contribution in [0.25, 0.3) is 0 Å². The third-order valence-corrected chi connectivity index (χ3v) is 4.62. The molecule has 2 N–H and O–H groups in total. The lowest BCUT2D eigenvalue weighted by atomic mass is 10.1. The molecular weight excluding hydrogens is 406 g/mol. The maximum atomic E-state index is 12.2. The second-order valence-electron chi connectivity index (χ2n) is 6.39. The molecule has 166 valence electrons. The minimum Gasteiger partial charge on any atom is -0.465 e. The van der Waals surface area contributed by atoms with E-state index in [1.165, 1.54) is 13.8 Å². The average molecular weight is 435 g/mol. The van der Waals surface area contributed by atoms with E-state index in [9.17, 15) is 22.8 Å². The monoisotopic (exact) mass is 435 g/mol. The van der Waals surface area contributed by atoms with Gasteiger partial charge in [0.25, 0.3) is 10.1 Å². The highest BCUT2D eigenvalue weighted by atomic mass is 32.2. The van der Waals surface area contributed by atoms with Crippen molar-refractivity contribution < 1.29 is 41.3 Å². The highest BCUT2D eigenvalue weighted by molar-refractivity contribution is 7.86. The van der Waals surface area contributed by atoms with Gasteiger partial charge in [0.05, 0.1) is 12.4 Å². The molecule has 0 aliphatic heterocycles. The van der Waals surface area contributed by atoms with E-state index in [1.807, 2.05) is 0 Å². The summed E-state index contributed by atoms with van der Waals surface area (Å²) in [6.07, 6.45) is 2.06. The molecule has 0 saturated heterocycles. The smallest absolute Gasteiger partial charge is 0.333 e. The summed E-state index contributed by atoms with van der Waals surface area (Å²) in [5.74, 6) is 1.42. The standard InChI is InChI=1S/C18H29NO9S/c1-13(2)16(20)26-11-15(12-27-17(21)14(3)4)18(22)25-9-7-5-6-8-10-29(23,24)28-19/h15H,1,3,5-12,19H2,2,4H3. The van der Waals surface area contributed by atoms with E-state index in [-0.39, 0.29) is 36.7 Å². The number of ether oxygens (including phenoxy) is 3. The van der Waals surface area contributed by atoms with Gasteiger partial charge in [0, 0.05) is 11.1 Å². The third-order valence-electron chi connectivity index (χ3n) is 3.54. The Hall–Kier alpha value is -2.24. The van der Waals surface area contributed by atoms with Crippen molar-refractivity contribution in [3.63, 3.8) is 0 Å². The van der Waals surface area contributed by atoms with E-state index in [2.05, 4.69) is 23.3 Å². The second kappa shape index (κ2) is 13.9. The molecule has 0 aliphatic carbocycles. The number of unbranched alkanes of at least 4 members (excludes halogenated alkanes) is 3. The Labute approximate surface area is 171 Å². The Morgan fingerprint density at radius 3 is 1.79 bits per heavy atom. The minimum atomic E-state index is -3.68. The van der Waals surface area contributed by atoms with Gasteiger partial charge in [0.15, 0.2) is 0 Å². The van der Waals surface area contributed by atoms with E-state index in [0.717, 1.165) is 0 Å². The molecule has 0 aromatic carbocycles. The van der Waals surface area contributed by atoms with E-state index < -0.39 is 33.9 Å². The first-order chi connectivity index (χ1) is 13.5. The molecule has 29 heavy (non-hydrogen) atoms. The highest BCUT2D eigenvalue weighted by Gasteiger charge is 2.24. The molecule has 0 heterocycles. The number of carbonyl (C=O) groups excluding carboxylic acids is 3. The number of nitrogens with two attached hydrogens (primary N) is 1. The van der Waals surface area contributed by atoms with Crippen molar-refractivity contribution >= 4 is 28.0 Å². The molecule has 0 saturated carbocycles. The van der Waals surface area contributed by atoms with Crippen LogP contribution in [0.4, 0.5) is 0 Å². The fraction of sp³-hybridized carbons (Fsp3) is 0.611. The zero-order chi connectivity index (χ0) is 22.4. The van der Waals surface area contributed by atoms with Gasteiger partial charge < -0.3 is 14.2 Å². The molecule has 0 rings (SSSR count). The Kier molecular flexibility index (Phi) is 12.8. The van der Waals surface area contributed by atoms with E-state index >= 15 is 0 Å². The first-order valence-corrected chi connectivity index (χ1v) is 10.5. The molecule has 11 heteroatoms. The maximum Gasteiger partial charge on any atom is 0.333 e. The van der Waals surface area contributed by atoms with Crippen LogP contribution in [0.5, 0.6) is 0 Å². The first kappa shape index (κ1) is 26.8. The summed E-state index contributed by atoms with van der Waals surface area (Å²) in [6.45, 7) is 9.23. The van der Waals surface area contributed by atoms with Gasteiger partial charge in [-0.05, 0) is 26.7 Å². The van der Waals surface area contributed by atoms with Crippen molar-refractivity contribution in [2.75, 3.05) is 25.6 Å². The van der Waals surface area contributed by atoms with Gasteiger partial charge in [0.2, 0.25) is 0 Å². The molecule has 0 fully saturated rings. The van der Waals surface area contributed by atoms with Crippen LogP contribution in [0.2, 0.25) is 0 Å². The quantitative estimate of drug-likeness (QED) is 0.131. The topological polar surface area (TPSA) is 148 Å². The van der Waals surface area contributed by atoms with Gasteiger partial charge in [0.1, 0.15) is 19.1 Å². The molecular formula is C18H29NO9S. The number of hydrogen-bond acceptors (Lipinski definition) is 10. The molecule has 0 amide bonds. The summed E-state index contributed by atoms with van der Waals surface area (Å²) in [5, 5.41) is 0. The molecule has 0 bridgehead atoms. The van der Waals surface area contributed by atoms with Gasteiger partial charge in [-0.3, -0.25) is 4.79 Å². The lowest BCUT2D eigenvalue weighted by Crippen LogP contribution is -2.30. The SMILES string of the molecule is C=C(C)C(=O)OCC(COC(=O)C(=C)C)C(=O)OCCCCCCS(=O)(=O)ON. The van der Waals surface area contributed by atoms with Crippen LogP contribution in [0.3, 0.4) is 0 Å². The summed E-state index contributed by atoms with van der Waals surface area (Å²) in [7, 11) is -3.68. The van der Waals surface area contributed by atoms with Gasteiger partial charge in [-0.1, -0.05) is 26.0 Å². The van der Waals surface area contributed by atoms with Gasteiger partial charge in [-0.25, -0.2) is 9.59 Å². The van der Waals surface area contributed by atoms with Crippen LogP contribution >= 0.6 is 0 Å². The minimum absolute atomic E-state index is 0.0817. The van der Waals surface area contributed by atoms with Gasteiger partial charge in [-0.15, -0.1) is 0 Å². The Morgan fingerprint density at radius 1 is 0.862 bits per heavy atom.